The van der Waals surface area contributed by atoms with E-state index in [0.29, 0.717) is 5.92 Å². The highest BCUT2D eigenvalue weighted by Crippen LogP contribution is 2.31. The van der Waals surface area contributed by atoms with E-state index in [-0.39, 0.29) is 0 Å². The van der Waals surface area contributed by atoms with E-state index in [1.165, 1.54) is 31.4 Å². The van der Waals surface area contributed by atoms with Gasteiger partial charge in [-0.05, 0) is 25.3 Å². The van der Waals surface area contributed by atoms with Gasteiger partial charge >= 0.3 is 0 Å². The van der Waals surface area contributed by atoms with Crippen molar-refractivity contribution in [3.63, 3.8) is 0 Å². The van der Waals surface area contributed by atoms with E-state index in [9.17, 15) is 0 Å². The molecule has 1 fully saturated rings. The first-order valence-corrected chi connectivity index (χ1v) is 6.30. The molecule has 1 aromatic heterocycles. The van der Waals surface area contributed by atoms with Crippen LogP contribution in [0.15, 0.2) is 6.07 Å². The minimum atomic E-state index is 0.628. The molecule has 1 N–H and O–H groups in total. The second-order valence-electron chi connectivity index (χ2n) is 4.36. The van der Waals surface area contributed by atoms with Crippen LogP contribution in [0.3, 0.4) is 0 Å². The lowest BCUT2D eigenvalue weighted by molar-refractivity contribution is 0.656. The van der Waals surface area contributed by atoms with Crippen molar-refractivity contribution in [3.8, 4) is 0 Å². The molecule has 0 amide bonds. The fourth-order valence-corrected chi connectivity index (χ4v) is 2.57. The molecule has 0 unspecified atom stereocenters. The maximum Gasteiger partial charge on any atom is 0.129 e. The van der Waals surface area contributed by atoms with Crippen molar-refractivity contribution in [3.05, 3.63) is 22.2 Å². The second-order valence-corrected chi connectivity index (χ2v) is 4.78. The van der Waals surface area contributed by atoms with Crippen LogP contribution < -0.4 is 0 Å². The highest BCUT2D eigenvalue weighted by molar-refractivity contribution is 7.71. The van der Waals surface area contributed by atoms with Crippen LogP contribution in [0.25, 0.3) is 0 Å². The molecule has 0 aliphatic heterocycles. The molecule has 2 rings (SSSR count). The van der Waals surface area contributed by atoms with Gasteiger partial charge in [-0.25, -0.2) is 4.98 Å². The van der Waals surface area contributed by atoms with Gasteiger partial charge in [-0.2, -0.15) is 0 Å². The summed E-state index contributed by atoms with van der Waals surface area (Å²) in [7, 11) is 0. The van der Waals surface area contributed by atoms with Crippen LogP contribution >= 0.6 is 12.2 Å². The van der Waals surface area contributed by atoms with Gasteiger partial charge in [-0.3, -0.25) is 0 Å². The van der Waals surface area contributed by atoms with Crippen LogP contribution in [-0.4, -0.2) is 9.97 Å². The summed E-state index contributed by atoms with van der Waals surface area (Å²) < 4.78 is 0.749. The molecule has 1 aliphatic rings. The molecule has 0 bridgehead atoms. The molecule has 15 heavy (non-hydrogen) atoms. The largest absolute Gasteiger partial charge is 0.347 e. The topological polar surface area (TPSA) is 28.7 Å². The normalized spacial score (nSPS) is 17.1. The summed E-state index contributed by atoms with van der Waals surface area (Å²) in [6.45, 7) is 2.19. The highest BCUT2D eigenvalue weighted by atomic mass is 32.1. The van der Waals surface area contributed by atoms with Crippen LogP contribution in [0.2, 0.25) is 0 Å². The highest BCUT2D eigenvalue weighted by Gasteiger charge is 2.19. The van der Waals surface area contributed by atoms with Gasteiger partial charge in [-0.1, -0.05) is 38.4 Å². The van der Waals surface area contributed by atoms with Crippen molar-refractivity contribution in [1.82, 2.24) is 9.97 Å². The number of aryl methyl sites for hydroxylation is 1. The molecule has 1 aromatic rings. The van der Waals surface area contributed by atoms with Crippen molar-refractivity contribution in [2.45, 2.75) is 51.4 Å². The van der Waals surface area contributed by atoms with Gasteiger partial charge in [0.25, 0.3) is 0 Å². The maximum atomic E-state index is 5.21. The third-order valence-electron chi connectivity index (χ3n) is 3.08. The minimum Gasteiger partial charge on any atom is -0.347 e. The fourth-order valence-electron chi connectivity index (χ4n) is 2.33. The summed E-state index contributed by atoms with van der Waals surface area (Å²) in [4.78, 5) is 7.91. The van der Waals surface area contributed by atoms with Crippen LogP contribution in [0.5, 0.6) is 0 Å². The van der Waals surface area contributed by atoms with Gasteiger partial charge in [0.05, 0.1) is 0 Å². The standard InChI is InChI=1S/C12H18N2S/c1-2-5-10-8-11(15)14-12(13-10)9-6-3-4-7-9/h8-9H,2-7H2,1H3,(H,13,14,15). The number of aromatic nitrogens is 2. The van der Waals surface area contributed by atoms with Crippen LogP contribution in [0, 0.1) is 4.64 Å². The first-order chi connectivity index (χ1) is 7.29. The predicted molar refractivity (Wildman–Crippen MR) is 64.6 cm³/mol. The molecule has 0 radical (unpaired) electrons. The number of aromatic amines is 1. The van der Waals surface area contributed by atoms with Crippen LogP contribution in [0.4, 0.5) is 0 Å². The minimum absolute atomic E-state index is 0.628. The zero-order chi connectivity index (χ0) is 10.7. The Morgan fingerprint density at radius 2 is 2.20 bits per heavy atom. The average Bonchev–Trinajstić information content (AvgIpc) is 2.70. The lowest BCUT2D eigenvalue weighted by atomic mass is 10.1. The smallest absolute Gasteiger partial charge is 0.129 e. The van der Waals surface area contributed by atoms with E-state index in [1.807, 2.05) is 6.07 Å². The Balaban J connectivity index is 2.26. The average molecular weight is 222 g/mol. The Kier molecular flexibility index (Phi) is 3.52. The number of nitrogens with zero attached hydrogens (tertiary/aromatic N) is 1. The fraction of sp³-hybridized carbons (Fsp3) is 0.667. The van der Waals surface area contributed by atoms with E-state index in [0.717, 1.165) is 23.3 Å². The van der Waals surface area contributed by atoms with Gasteiger partial charge < -0.3 is 4.98 Å². The van der Waals surface area contributed by atoms with E-state index >= 15 is 0 Å². The molecular formula is C12H18N2S. The van der Waals surface area contributed by atoms with Crippen molar-refractivity contribution in [1.29, 1.82) is 0 Å². The summed E-state index contributed by atoms with van der Waals surface area (Å²) in [5.74, 6) is 1.76. The first-order valence-electron chi connectivity index (χ1n) is 5.89. The van der Waals surface area contributed by atoms with Crippen LogP contribution in [0.1, 0.15) is 56.5 Å². The molecule has 1 aliphatic carbocycles. The summed E-state index contributed by atoms with van der Waals surface area (Å²) in [6, 6.07) is 2.00. The van der Waals surface area contributed by atoms with Gasteiger partial charge in [0, 0.05) is 11.6 Å². The molecule has 0 spiro atoms. The van der Waals surface area contributed by atoms with Gasteiger partial charge in [0.1, 0.15) is 10.5 Å². The lowest BCUT2D eigenvalue weighted by Crippen LogP contribution is -2.03. The predicted octanol–water partition coefficient (Wildman–Crippen LogP) is 3.75. The Morgan fingerprint density at radius 3 is 2.87 bits per heavy atom. The summed E-state index contributed by atoms with van der Waals surface area (Å²) in [6.07, 6.45) is 7.45. The van der Waals surface area contributed by atoms with Crippen LogP contribution in [-0.2, 0) is 6.42 Å². The molecule has 0 saturated heterocycles. The quantitative estimate of drug-likeness (QED) is 0.789. The van der Waals surface area contributed by atoms with Gasteiger partial charge in [0.15, 0.2) is 0 Å². The second kappa shape index (κ2) is 4.88. The Hall–Kier alpha value is -0.700. The number of nitrogens with one attached hydrogen (secondary N) is 1. The van der Waals surface area contributed by atoms with Crippen molar-refractivity contribution in [2.24, 2.45) is 0 Å². The molecule has 1 saturated carbocycles. The summed E-state index contributed by atoms with van der Waals surface area (Å²) in [5.41, 5.74) is 1.25. The van der Waals surface area contributed by atoms with E-state index < -0.39 is 0 Å². The summed E-state index contributed by atoms with van der Waals surface area (Å²) >= 11 is 5.21. The van der Waals surface area contributed by atoms with Crippen molar-refractivity contribution in [2.75, 3.05) is 0 Å². The van der Waals surface area contributed by atoms with Gasteiger partial charge in [-0.15, -0.1) is 0 Å². The number of hydrogen-bond acceptors (Lipinski definition) is 2. The zero-order valence-electron chi connectivity index (χ0n) is 9.25. The van der Waals surface area contributed by atoms with E-state index in [1.54, 1.807) is 0 Å². The molecule has 2 nitrogen and oxygen atoms in total. The SMILES string of the molecule is CCCc1cc(=S)nc(C2CCCC2)[nH]1. The van der Waals surface area contributed by atoms with Crippen molar-refractivity contribution < 1.29 is 0 Å². The van der Waals surface area contributed by atoms with Crippen molar-refractivity contribution >= 4 is 12.2 Å². The molecule has 1 heterocycles. The van der Waals surface area contributed by atoms with Gasteiger partial charge in [0.2, 0.25) is 0 Å². The zero-order valence-corrected chi connectivity index (χ0v) is 10.1. The Labute approximate surface area is 96.1 Å². The number of rotatable bonds is 3. The molecule has 0 atom stereocenters. The first kappa shape index (κ1) is 10.8. The Bertz CT molecular complexity index is 377. The lowest BCUT2D eigenvalue weighted by Gasteiger charge is -2.10. The molecule has 3 heteroatoms. The monoisotopic (exact) mass is 222 g/mol. The third kappa shape index (κ3) is 2.65. The van der Waals surface area contributed by atoms with E-state index in [4.69, 9.17) is 12.2 Å². The Morgan fingerprint density at radius 1 is 1.47 bits per heavy atom. The third-order valence-corrected chi connectivity index (χ3v) is 3.29. The van der Waals surface area contributed by atoms with E-state index in [2.05, 4.69) is 16.9 Å². The molecule has 82 valence electrons. The number of hydrogen-bond donors (Lipinski definition) is 1. The maximum absolute atomic E-state index is 5.21. The number of H-pyrrole nitrogens is 1. The molecular weight excluding hydrogens is 204 g/mol. The summed E-state index contributed by atoms with van der Waals surface area (Å²) in [5, 5.41) is 0. The molecule has 0 aromatic carbocycles.